The minimum atomic E-state index is 0.490. The van der Waals surface area contributed by atoms with Crippen molar-refractivity contribution in [3.63, 3.8) is 0 Å². The summed E-state index contributed by atoms with van der Waals surface area (Å²) in [6.07, 6.45) is 5.33. The molecule has 2 heterocycles. The van der Waals surface area contributed by atoms with E-state index in [2.05, 4.69) is 37.7 Å². The third-order valence-corrected chi connectivity index (χ3v) is 4.26. The van der Waals surface area contributed by atoms with Gasteiger partial charge >= 0.3 is 0 Å². The third kappa shape index (κ3) is 2.48. The minimum absolute atomic E-state index is 0.490. The van der Waals surface area contributed by atoms with Gasteiger partial charge in [0.1, 0.15) is 17.3 Å². The molecule has 0 aliphatic carbocycles. The summed E-state index contributed by atoms with van der Waals surface area (Å²) in [6.45, 7) is 4.39. The van der Waals surface area contributed by atoms with Crippen LogP contribution in [0.3, 0.4) is 0 Å². The minimum Gasteiger partial charge on any atom is -0.355 e. The van der Waals surface area contributed by atoms with Crippen LogP contribution in [0.2, 0.25) is 5.15 Å². The van der Waals surface area contributed by atoms with Gasteiger partial charge in [0.25, 0.3) is 0 Å². The van der Waals surface area contributed by atoms with E-state index in [9.17, 15) is 0 Å². The van der Waals surface area contributed by atoms with Crippen LogP contribution >= 0.6 is 27.5 Å². The molecule has 16 heavy (non-hydrogen) atoms. The smallest absolute Gasteiger partial charge is 0.148 e. The number of hydrogen-bond donors (Lipinski definition) is 0. The highest BCUT2D eigenvalue weighted by Gasteiger charge is 2.24. The molecule has 1 aliphatic rings. The van der Waals surface area contributed by atoms with E-state index in [1.165, 1.54) is 25.6 Å². The van der Waals surface area contributed by atoms with E-state index in [1.807, 2.05) is 0 Å². The summed E-state index contributed by atoms with van der Waals surface area (Å²) in [5.74, 6) is 1.73. The van der Waals surface area contributed by atoms with Gasteiger partial charge in [-0.3, -0.25) is 0 Å². The summed E-state index contributed by atoms with van der Waals surface area (Å²) in [6, 6.07) is 0. The average Bonchev–Trinajstić information content (AvgIpc) is 2.71. The van der Waals surface area contributed by atoms with Crippen molar-refractivity contribution in [2.24, 2.45) is 5.92 Å². The first-order valence-corrected chi connectivity index (χ1v) is 6.80. The van der Waals surface area contributed by atoms with E-state index >= 15 is 0 Å². The molecule has 88 valence electrons. The monoisotopic (exact) mass is 303 g/mol. The third-order valence-electron chi connectivity index (χ3n) is 3.01. The molecule has 0 N–H and O–H groups in total. The predicted octanol–water partition coefficient (Wildman–Crippen LogP) is 3.52. The Morgan fingerprint density at radius 2 is 2.38 bits per heavy atom. The lowest BCUT2D eigenvalue weighted by atomic mass is 10.0. The van der Waals surface area contributed by atoms with Crippen molar-refractivity contribution < 1.29 is 0 Å². The fraction of sp³-hybridized carbons (Fsp3) is 0.636. The van der Waals surface area contributed by atoms with Gasteiger partial charge in [-0.15, -0.1) is 0 Å². The normalized spacial score (nSPS) is 20.4. The van der Waals surface area contributed by atoms with Gasteiger partial charge in [-0.2, -0.15) is 0 Å². The van der Waals surface area contributed by atoms with Gasteiger partial charge in [0.15, 0.2) is 0 Å². The summed E-state index contributed by atoms with van der Waals surface area (Å²) < 4.78 is 0.814. The summed E-state index contributed by atoms with van der Waals surface area (Å²) in [4.78, 5) is 10.5. The molecule has 5 heteroatoms. The lowest BCUT2D eigenvalue weighted by Gasteiger charge is -2.18. The Balaban J connectivity index is 2.11. The maximum atomic E-state index is 5.97. The number of anilines is 1. The number of nitrogens with zero attached hydrogens (tertiary/aromatic N) is 3. The van der Waals surface area contributed by atoms with Crippen molar-refractivity contribution in [1.82, 2.24) is 9.97 Å². The Bertz CT molecular complexity index is 372. The average molecular weight is 305 g/mol. The van der Waals surface area contributed by atoms with Crippen LogP contribution in [-0.2, 0) is 0 Å². The van der Waals surface area contributed by atoms with Gasteiger partial charge in [-0.1, -0.05) is 24.9 Å². The van der Waals surface area contributed by atoms with Crippen LogP contribution in [0.15, 0.2) is 10.8 Å². The first-order chi connectivity index (χ1) is 7.72. The molecule has 0 aromatic carbocycles. The predicted molar refractivity (Wildman–Crippen MR) is 70.0 cm³/mol. The van der Waals surface area contributed by atoms with E-state index in [0.717, 1.165) is 29.3 Å². The van der Waals surface area contributed by atoms with Crippen LogP contribution in [0.5, 0.6) is 0 Å². The summed E-state index contributed by atoms with van der Waals surface area (Å²) in [5, 5.41) is 0.490. The lowest BCUT2D eigenvalue weighted by Crippen LogP contribution is -2.21. The highest BCUT2D eigenvalue weighted by molar-refractivity contribution is 9.10. The summed E-state index contributed by atoms with van der Waals surface area (Å²) in [7, 11) is 0. The number of hydrogen-bond acceptors (Lipinski definition) is 3. The molecular weight excluding hydrogens is 289 g/mol. The molecule has 0 amide bonds. The molecule has 0 spiro atoms. The Morgan fingerprint density at radius 3 is 3.12 bits per heavy atom. The van der Waals surface area contributed by atoms with Crippen molar-refractivity contribution >= 4 is 33.3 Å². The first-order valence-electron chi connectivity index (χ1n) is 5.63. The molecule has 1 aromatic heterocycles. The molecule has 1 atom stereocenters. The van der Waals surface area contributed by atoms with Gasteiger partial charge in [-0.25, -0.2) is 9.97 Å². The maximum Gasteiger partial charge on any atom is 0.148 e. The molecule has 1 aliphatic heterocycles. The van der Waals surface area contributed by atoms with Crippen LogP contribution in [0, 0.1) is 5.92 Å². The summed E-state index contributed by atoms with van der Waals surface area (Å²) in [5.41, 5.74) is 0. The second-order valence-corrected chi connectivity index (χ2v) is 5.34. The Kier molecular flexibility index (Phi) is 4.03. The highest BCUT2D eigenvalue weighted by atomic mass is 79.9. The Morgan fingerprint density at radius 1 is 1.56 bits per heavy atom. The Hall–Kier alpha value is -0.350. The van der Waals surface area contributed by atoms with E-state index < -0.39 is 0 Å². The van der Waals surface area contributed by atoms with Gasteiger partial charge in [-0.05, 0) is 34.7 Å². The zero-order valence-corrected chi connectivity index (χ0v) is 11.6. The van der Waals surface area contributed by atoms with Crippen LogP contribution in [0.1, 0.15) is 26.2 Å². The second kappa shape index (κ2) is 5.32. The first kappa shape index (κ1) is 12.1. The zero-order valence-electron chi connectivity index (χ0n) is 9.29. The van der Waals surface area contributed by atoms with Crippen LogP contribution < -0.4 is 4.90 Å². The van der Waals surface area contributed by atoms with Crippen molar-refractivity contribution in [3.8, 4) is 0 Å². The molecule has 1 unspecified atom stereocenters. The van der Waals surface area contributed by atoms with E-state index in [-0.39, 0.29) is 0 Å². The van der Waals surface area contributed by atoms with Crippen LogP contribution in [0.4, 0.5) is 5.82 Å². The van der Waals surface area contributed by atoms with E-state index in [1.54, 1.807) is 0 Å². The standard InChI is InChI=1S/C11H15BrClN3/c1-2-3-8-4-5-16(6-8)11-9(12)10(13)14-7-15-11/h7-8H,2-6H2,1H3. The van der Waals surface area contributed by atoms with E-state index in [0.29, 0.717) is 5.15 Å². The van der Waals surface area contributed by atoms with Gasteiger partial charge < -0.3 is 4.90 Å². The fourth-order valence-electron chi connectivity index (χ4n) is 2.23. The van der Waals surface area contributed by atoms with Crippen molar-refractivity contribution in [2.45, 2.75) is 26.2 Å². The van der Waals surface area contributed by atoms with Crippen LogP contribution in [-0.4, -0.2) is 23.1 Å². The van der Waals surface area contributed by atoms with Gasteiger partial charge in [0, 0.05) is 13.1 Å². The summed E-state index contributed by atoms with van der Waals surface area (Å²) >= 11 is 9.42. The molecule has 1 aromatic rings. The fourth-order valence-corrected chi connectivity index (χ4v) is 2.81. The number of aromatic nitrogens is 2. The molecule has 2 rings (SSSR count). The quantitative estimate of drug-likeness (QED) is 0.800. The Labute approximate surface area is 109 Å². The second-order valence-electron chi connectivity index (χ2n) is 4.19. The topological polar surface area (TPSA) is 29.0 Å². The maximum absolute atomic E-state index is 5.97. The highest BCUT2D eigenvalue weighted by Crippen LogP contribution is 2.33. The zero-order chi connectivity index (χ0) is 11.5. The SMILES string of the molecule is CCCC1CCN(c2ncnc(Cl)c2Br)C1. The van der Waals surface area contributed by atoms with Crippen molar-refractivity contribution in [3.05, 3.63) is 16.0 Å². The molecule has 0 radical (unpaired) electrons. The van der Waals surface area contributed by atoms with E-state index in [4.69, 9.17) is 11.6 Å². The molecule has 3 nitrogen and oxygen atoms in total. The lowest BCUT2D eigenvalue weighted by molar-refractivity contribution is 0.529. The van der Waals surface area contributed by atoms with Crippen LogP contribution in [0.25, 0.3) is 0 Å². The largest absolute Gasteiger partial charge is 0.355 e. The van der Waals surface area contributed by atoms with Gasteiger partial charge in [0.05, 0.1) is 4.47 Å². The number of halogens is 2. The molecule has 1 fully saturated rings. The molecular formula is C11H15BrClN3. The number of rotatable bonds is 3. The van der Waals surface area contributed by atoms with Gasteiger partial charge in [0.2, 0.25) is 0 Å². The van der Waals surface area contributed by atoms with Crippen molar-refractivity contribution in [2.75, 3.05) is 18.0 Å². The van der Waals surface area contributed by atoms with Crippen molar-refractivity contribution in [1.29, 1.82) is 0 Å². The molecule has 0 bridgehead atoms. The molecule has 1 saturated heterocycles. The molecule has 0 saturated carbocycles.